The molecule has 3 heterocycles. The molecule has 0 spiro atoms. The summed E-state index contributed by atoms with van der Waals surface area (Å²) in [7, 11) is -3.23. The second-order valence-corrected chi connectivity index (χ2v) is 17.3. The molecular weight excluding hydrogens is 500 g/mol. The van der Waals surface area contributed by atoms with Crippen LogP contribution in [0.1, 0.15) is 64.7 Å². The van der Waals surface area contributed by atoms with Crippen LogP contribution in [-0.2, 0) is 20.2 Å². The molecule has 1 atom stereocenters. The van der Waals surface area contributed by atoms with Gasteiger partial charge in [-0.3, -0.25) is 9.97 Å². The predicted octanol–water partition coefficient (Wildman–Crippen LogP) is 2.76. The number of aliphatic imine (C=N–C) groups is 1. The molecule has 3 N–H and O–H groups in total. The zero-order valence-corrected chi connectivity index (χ0v) is 24.1. The van der Waals surface area contributed by atoms with Crippen LogP contribution in [-0.4, -0.2) is 62.0 Å². The largest absolute Gasteiger partial charge is 0.417 e. The fraction of sp³-hybridized carbons (Fsp3) is 0.826. The molecule has 1 aromatic heterocycles. The number of isocyanates is 1. The molecule has 0 amide bonds. The Bertz CT molecular complexity index is 916. The van der Waals surface area contributed by atoms with Crippen LogP contribution < -0.4 is 17.1 Å². The minimum atomic E-state index is -2.14. The lowest BCUT2D eigenvalue weighted by Crippen LogP contribution is -2.43. The van der Waals surface area contributed by atoms with Crippen molar-refractivity contribution in [3.63, 3.8) is 0 Å². The number of rotatable bonds is 9. The Balaban J connectivity index is 0.000000301. The molecule has 1 aromatic rings. The third-order valence-corrected chi connectivity index (χ3v) is 11.7. The van der Waals surface area contributed by atoms with Crippen LogP contribution in [0.5, 0.6) is 0 Å². The molecule has 206 valence electrons. The van der Waals surface area contributed by atoms with Gasteiger partial charge in [-0.2, -0.15) is 0 Å². The van der Waals surface area contributed by atoms with Gasteiger partial charge in [-0.25, -0.2) is 28.7 Å². The van der Waals surface area contributed by atoms with Crippen molar-refractivity contribution < 1.29 is 18.4 Å². The number of nitrogens with zero attached hydrogens (tertiary/aromatic N) is 2. The van der Waals surface area contributed by atoms with Crippen molar-refractivity contribution in [2.45, 2.75) is 102 Å². The smallest absolute Gasteiger partial charge is 0.335 e. The zero-order chi connectivity index (χ0) is 26.9. The number of unbranched alkanes of at least 4 members (excludes halogenated alkanes) is 3. The maximum absolute atomic E-state index is 11.3. The van der Waals surface area contributed by atoms with E-state index in [9.17, 15) is 24.0 Å². The first-order valence-electron chi connectivity index (χ1n) is 13.1. The lowest BCUT2D eigenvalue weighted by atomic mass is 10.2. The van der Waals surface area contributed by atoms with Crippen molar-refractivity contribution >= 4 is 23.0 Å². The summed E-state index contributed by atoms with van der Waals surface area (Å²) < 4.78 is 12.0. The SMILES string of the molecule is CCC[Si]1(O)CCCCO1.C[Si]1(C)CCCCO1.O=C=NCCCCCCn1c(=O)[nH]c(=O)[nH]c1=O. The molecule has 2 aliphatic rings. The maximum Gasteiger partial charge on any atom is 0.335 e. The van der Waals surface area contributed by atoms with E-state index >= 15 is 0 Å². The van der Waals surface area contributed by atoms with E-state index in [1.165, 1.54) is 31.4 Å². The Morgan fingerprint density at radius 1 is 0.944 bits per heavy atom. The second-order valence-electron chi connectivity index (χ2n) is 9.80. The van der Waals surface area contributed by atoms with Crippen molar-refractivity contribution in [2.75, 3.05) is 19.8 Å². The minimum absolute atomic E-state index is 0.252. The molecule has 1 unspecified atom stereocenters. The number of hydrogen-bond donors (Lipinski definition) is 3. The summed E-state index contributed by atoms with van der Waals surface area (Å²) >= 11 is 0. The van der Waals surface area contributed by atoms with Gasteiger partial charge in [-0.05, 0) is 63.3 Å². The van der Waals surface area contributed by atoms with Gasteiger partial charge in [0.15, 0.2) is 8.32 Å². The van der Waals surface area contributed by atoms with E-state index in [-0.39, 0.29) is 6.54 Å². The van der Waals surface area contributed by atoms with Crippen LogP contribution in [0.25, 0.3) is 0 Å². The fourth-order valence-electron chi connectivity index (χ4n) is 4.01. The maximum atomic E-state index is 11.3. The molecule has 0 radical (unpaired) electrons. The average Bonchev–Trinajstić information content (AvgIpc) is 2.81. The minimum Gasteiger partial charge on any atom is -0.417 e. The van der Waals surface area contributed by atoms with Gasteiger partial charge in [-0.1, -0.05) is 32.6 Å². The van der Waals surface area contributed by atoms with Gasteiger partial charge in [0.2, 0.25) is 6.08 Å². The van der Waals surface area contributed by atoms with Gasteiger partial charge in [0.1, 0.15) is 0 Å². The van der Waals surface area contributed by atoms with Gasteiger partial charge in [0.25, 0.3) is 0 Å². The van der Waals surface area contributed by atoms with Crippen LogP contribution in [0.3, 0.4) is 0 Å². The second kappa shape index (κ2) is 17.5. The average molecular weight is 545 g/mol. The molecule has 3 rings (SSSR count). The summed E-state index contributed by atoms with van der Waals surface area (Å²) in [6.07, 6.45) is 10.6. The number of H-pyrrole nitrogens is 2. The van der Waals surface area contributed by atoms with E-state index in [0.29, 0.717) is 13.0 Å². The third-order valence-electron chi connectivity index (χ3n) is 6.04. The summed E-state index contributed by atoms with van der Waals surface area (Å²) in [4.78, 5) is 60.3. The van der Waals surface area contributed by atoms with Crippen molar-refractivity contribution in [3.8, 4) is 0 Å². The highest BCUT2D eigenvalue weighted by molar-refractivity contribution is 6.71. The quantitative estimate of drug-likeness (QED) is 0.187. The van der Waals surface area contributed by atoms with Gasteiger partial charge >= 0.3 is 25.6 Å². The molecule has 0 bridgehead atoms. The van der Waals surface area contributed by atoms with E-state index in [1.807, 2.05) is 9.97 Å². The molecule has 0 aliphatic carbocycles. The Kier molecular flexibility index (Phi) is 15.7. The number of nitrogens with one attached hydrogen (secondary N) is 2. The topological polar surface area (TPSA) is 156 Å². The highest BCUT2D eigenvalue weighted by Gasteiger charge is 2.34. The molecular formula is C23H44N4O7Si2. The van der Waals surface area contributed by atoms with Crippen molar-refractivity contribution in [1.29, 1.82) is 0 Å². The van der Waals surface area contributed by atoms with Crippen molar-refractivity contribution in [1.82, 2.24) is 14.5 Å². The molecule has 11 nitrogen and oxygen atoms in total. The highest BCUT2D eigenvalue weighted by atomic mass is 28.4. The molecule has 0 saturated carbocycles. The van der Waals surface area contributed by atoms with Crippen LogP contribution in [0.2, 0.25) is 31.2 Å². The first-order valence-corrected chi connectivity index (χ1v) is 18.5. The Morgan fingerprint density at radius 3 is 2.03 bits per heavy atom. The van der Waals surface area contributed by atoms with Crippen LogP contribution in [0.15, 0.2) is 19.4 Å². The standard InChI is InChI=1S/C10H14N4O4.C7H16O2Si.C6H14OSi/c15-7-11-5-3-1-2-4-6-14-9(17)12-8(16)13-10(14)18;1-2-6-10(8)7-4-3-5-9-10;1-8(2)6-4-3-5-7-8/h1-6H2,(H2,12,13,16,17,18);8H,2-7H2,1H3;3-6H2,1-2H3. The van der Waals surface area contributed by atoms with Crippen LogP contribution in [0, 0.1) is 0 Å². The van der Waals surface area contributed by atoms with E-state index in [4.69, 9.17) is 8.85 Å². The van der Waals surface area contributed by atoms with Crippen molar-refractivity contribution in [3.05, 3.63) is 31.5 Å². The van der Waals surface area contributed by atoms with E-state index < -0.39 is 33.9 Å². The Labute approximate surface area is 214 Å². The molecule has 36 heavy (non-hydrogen) atoms. The molecule has 2 saturated heterocycles. The first-order chi connectivity index (χ1) is 17.1. The number of hydrogen-bond acceptors (Lipinski definition) is 8. The monoisotopic (exact) mass is 544 g/mol. The summed E-state index contributed by atoms with van der Waals surface area (Å²) in [5.74, 6) is 0. The lowest BCUT2D eigenvalue weighted by Gasteiger charge is -2.28. The molecule has 13 heteroatoms. The highest BCUT2D eigenvalue weighted by Crippen LogP contribution is 2.23. The predicted molar refractivity (Wildman–Crippen MR) is 144 cm³/mol. The lowest BCUT2D eigenvalue weighted by molar-refractivity contribution is 0.200. The van der Waals surface area contributed by atoms with E-state index in [2.05, 4.69) is 25.0 Å². The van der Waals surface area contributed by atoms with Gasteiger partial charge < -0.3 is 13.6 Å². The Morgan fingerprint density at radius 2 is 1.56 bits per heavy atom. The third kappa shape index (κ3) is 14.0. The molecule has 0 aromatic carbocycles. The molecule has 2 fully saturated rings. The van der Waals surface area contributed by atoms with Gasteiger partial charge in [0, 0.05) is 19.8 Å². The van der Waals surface area contributed by atoms with E-state index in [0.717, 1.165) is 62.0 Å². The summed E-state index contributed by atoms with van der Waals surface area (Å²) in [5.41, 5.74) is -2.20. The number of aromatic nitrogens is 3. The summed E-state index contributed by atoms with van der Waals surface area (Å²) in [6, 6.07) is 3.25. The normalized spacial score (nSPS) is 20.7. The van der Waals surface area contributed by atoms with Crippen molar-refractivity contribution in [2.24, 2.45) is 4.99 Å². The van der Waals surface area contributed by atoms with E-state index in [1.54, 1.807) is 0 Å². The fourth-order valence-corrected chi connectivity index (χ4v) is 8.60. The Hall–Kier alpha value is -1.90. The van der Waals surface area contributed by atoms with Crippen LogP contribution >= 0.6 is 0 Å². The summed E-state index contributed by atoms with van der Waals surface area (Å²) in [5, 5.41) is 0. The van der Waals surface area contributed by atoms with Gasteiger partial charge in [-0.15, -0.1) is 0 Å². The van der Waals surface area contributed by atoms with Crippen LogP contribution in [0.4, 0.5) is 0 Å². The number of aromatic amines is 2. The first kappa shape index (κ1) is 32.1. The zero-order valence-electron chi connectivity index (χ0n) is 22.1. The molecule has 2 aliphatic heterocycles. The van der Waals surface area contributed by atoms with Gasteiger partial charge in [0.05, 0.1) is 6.54 Å². The number of carbonyl (C=O) groups excluding carboxylic acids is 1. The summed E-state index contributed by atoms with van der Waals surface area (Å²) in [6.45, 7) is 9.22.